The predicted molar refractivity (Wildman–Crippen MR) is 107 cm³/mol. The molecule has 4 atom stereocenters. The quantitative estimate of drug-likeness (QED) is 0.340. The molecule has 0 aromatic carbocycles. The topological polar surface area (TPSA) is 171 Å². The maximum absolute atomic E-state index is 13.2. The number of aromatic amines is 1. The zero-order valence-electron chi connectivity index (χ0n) is 17.4. The molecule has 1 aromatic heterocycles. The number of nitrogens with two attached hydrogens (primary N) is 1. The van der Waals surface area contributed by atoms with Crippen LogP contribution in [0, 0.1) is 5.92 Å². The highest BCUT2D eigenvalue weighted by Gasteiger charge is 2.39. The fourth-order valence-corrected chi connectivity index (χ4v) is 3.35. The van der Waals surface area contributed by atoms with Crippen molar-refractivity contribution in [3.05, 3.63) is 18.2 Å². The Balaban J connectivity index is 2.05. The lowest BCUT2D eigenvalue weighted by Gasteiger charge is -2.31. The summed E-state index contributed by atoms with van der Waals surface area (Å²) in [6.07, 6.45) is 4.35. The first-order chi connectivity index (χ1) is 14.1. The second-order valence-corrected chi connectivity index (χ2v) is 7.88. The molecule has 2 rings (SSSR count). The van der Waals surface area contributed by atoms with Crippen LogP contribution in [0.5, 0.6) is 0 Å². The monoisotopic (exact) mass is 422 g/mol. The molecular weight excluding hydrogens is 392 g/mol. The molecule has 0 aliphatic carbocycles. The van der Waals surface area contributed by atoms with Crippen LogP contribution in [-0.2, 0) is 25.6 Å². The Morgan fingerprint density at radius 1 is 1.30 bits per heavy atom. The number of amides is 3. The zero-order chi connectivity index (χ0) is 22.4. The van der Waals surface area contributed by atoms with Crippen LogP contribution in [0.25, 0.3) is 0 Å². The van der Waals surface area contributed by atoms with Crippen LogP contribution in [0.4, 0.5) is 0 Å². The van der Waals surface area contributed by atoms with Crippen molar-refractivity contribution >= 4 is 23.7 Å². The van der Waals surface area contributed by atoms with Crippen LogP contribution in [0.2, 0.25) is 0 Å². The number of rotatable bonds is 9. The third-order valence-corrected chi connectivity index (χ3v) is 5.13. The van der Waals surface area contributed by atoms with Gasteiger partial charge in [0.1, 0.15) is 18.1 Å². The van der Waals surface area contributed by atoms with E-state index in [4.69, 9.17) is 10.8 Å². The Morgan fingerprint density at radius 2 is 2.00 bits per heavy atom. The molecule has 0 bridgehead atoms. The van der Waals surface area contributed by atoms with Crippen molar-refractivity contribution in [3.8, 4) is 0 Å². The van der Waals surface area contributed by atoms with Gasteiger partial charge in [0.15, 0.2) is 0 Å². The molecule has 1 saturated heterocycles. The SMILES string of the molecule is CC(NC(=O)C1CCCN1C(=O)C(NC(=O)C(N)Cc1cnc[nH]1)C(C)C)C(=O)O. The molecule has 1 fully saturated rings. The Labute approximate surface area is 174 Å². The number of likely N-dealkylation sites (tertiary alicyclic amines) is 1. The van der Waals surface area contributed by atoms with E-state index >= 15 is 0 Å². The molecule has 11 heteroatoms. The number of aromatic nitrogens is 2. The number of carboxylic acids is 1. The van der Waals surface area contributed by atoms with E-state index in [2.05, 4.69) is 20.6 Å². The Morgan fingerprint density at radius 3 is 2.57 bits per heavy atom. The van der Waals surface area contributed by atoms with Crippen molar-refractivity contribution in [2.75, 3.05) is 6.54 Å². The molecule has 1 aliphatic rings. The highest BCUT2D eigenvalue weighted by Crippen LogP contribution is 2.20. The smallest absolute Gasteiger partial charge is 0.325 e. The van der Waals surface area contributed by atoms with Gasteiger partial charge in [-0.2, -0.15) is 0 Å². The number of aliphatic carboxylic acids is 1. The first kappa shape index (κ1) is 23.3. The highest BCUT2D eigenvalue weighted by atomic mass is 16.4. The van der Waals surface area contributed by atoms with Crippen LogP contribution < -0.4 is 16.4 Å². The van der Waals surface area contributed by atoms with Crippen LogP contribution in [0.1, 0.15) is 39.3 Å². The van der Waals surface area contributed by atoms with Gasteiger partial charge in [0.05, 0.1) is 12.4 Å². The Hall–Kier alpha value is -2.95. The van der Waals surface area contributed by atoms with Crippen molar-refractivity contribution in [2.24, 2.45) is 11.7 Å². The molecule has 3 amide bonds. The summed E-state index contributed by atoms with van der Waals surface area (Å²) in [7, 11) is 0. The average molecular weight is 422 g/mol. The lowest BCUT2D eigenvalue weighted by molar-refractivity contribution is -0.145. The van der Waals surface area contributed by atoms with Crippen LogP contribution in [0.15, 0.2) is 12.5 Å². The number of nitrogens with one attached hydrogen (secondary N) is 3. The lowest BCUT2D eigenvalue weighted by atomic mass is 10.0. The molecule has 6 N–H and O–H groups in total. The third-order valence-electron chi connectivity index (χ3n) is 5.13. The van der Waals surface area contributed by atoms with E-state index in [1.807, 2.05) is 0 Å². The van der Waals surface area contributed by atoms with Gasteiger partial charge in [-0.3, -0.25) is 19.2 Å². The fraction of sp³-hybridized carbons (Fsp3) is 0.632. The van der Waals surface area contributed by atoms with E-state index in [9.17, 15) is 19.2 Å². The number of nitrogens with zero attached hydrogens (tertiary/aromatic N) is 2. The minimum atomic E-state index is -1.15. The maximum atomic E-state index is 13.2. The fourth-order valence-electron chi connectivity index (χ4n) is 3.35. The van der Waals surface area contributed by atoms with Crippen LogP contribution in [0.3, 0.4) is 0 Å². The van der Waals surface area contributed by atoms with Crippen molar-refractivity contribution in [1.29, 1.82) is 0 Å². The summed E-state index contributed by atoms with van der Waals surface area (Å²) in [5.74, 6) is -2.76. The van der Waals surface area contributed by atoms with Crippen LogP contribution in [-0.4, -0.2) is 74.4 Å². The molecule has 4 unspecified atom stereocenters. The van der Waals surface area contributed by atoms with Gasteiger partial charge in [0.2, 0.25) is 17.7 Å². The summed E-state index contributed by atoms with van der Waals surface area (Å²) in [5, 5.41) is 14.1. The first-order valence-electron chi connectivity index (χ1n) is 9.98. The number of H-pyrrole nitrogens is 1. The Bertz CT molecular complexity index is 765. The molecule has 0 spiro atoms. The van der Waals surface area contributed by atoms with Crippen molar-refractivity contribution < 1.29 is 24.3 Å². The zero-order valence-corrected chi connectivity index (χ0v) is 17.4. The highest BCUT2D eigenvalue weighted by molar-refractivity contribution is 5.94. The lowest BCUT2D eigenvalue weighted by Crippen LogP contribution is -2.58. The summed E-state index contributed by atoms with van der Waals surface area (Å²) in [6.45, 7) is 5.30. The van der Waals surface area contributed by atoms with Gasteiger partial charge in [0.25, 0.3) is 0 Å². The predicted octanol–water partition coefficient (Wildman–Crippen LogP) is -0.999. The van der Waals surface area contributed by atoms with Gasteiger partial charge in [0, 0.05) is 24.9 Å². The summed E-state index contributed by atoms with van der Waals surface area (Å²) in [5.41, 5.74) is 6.67. The van der Waals surface area contributed by atoms with E-state index in [1.54, 1.807) is 20.0 Å². The van der Waals surface area contributed by atoms with E-state index in [0.717, 1.165) is 0 Å². The number of imidazole rings is 1. The normalized spacial score (nSPS) is 19.2. The maximum Gasteiger partial charge on any atom is 0.325 e. The summed E-state index contributed by atoms with van der Waals surface area (Å²) < 4.78 is 0. The molecule has 1 aromatic rings. The van der Waals surface area contributed by atoms with Gasteiger partial charge in [-0.25, -0.2) is 4.98 Å². The molecule has 1 aliphatic heterocycles. The van der Waals surface area contributed by atoms with E-state index in [-0.39, 0.29) is 18.2 Å². The number of carbonyl (C=O) groups excluding carboxylic acids is 3. The minimum Gasteiger partial charge on any atom is -0.480 e. The van der Waals surface area contributed by atoms with E-state index < -0.39 is 42.0 Å². The number of hydrogen-bond donors (Lipinski definition) is 5. The van der Waals surface area contributed by atoms with Gasteiger partial charge in [-0.05, 0) is 25.7 Å². The van der Waals surface area contributed by atoms with E-state index in [0.29, 0.717) is 25.1 Å². The molecule has 2 heterocycles. The molecule has 0 saturated carbocycles. The summed E-state index contributed by atoms with van der Waals surface area (Å²) in [6, 6.07) is -3.54. The molecule has 11 nitrogen and oxygen atoms in total. The van der Waals surface area contributed by atoms with Crippen molar-refractivity contribution in [1.82, 2.24) is 25.5 Å². The average Bonchev–Trinajstić information content (AvgIpc) is 3.36. The van der Waals surface area contributed by atoms with Crippen molar-refractivity contribution in [3.63, 3.8) is 0 Å². The molecule has 0 radical (unpaired) electrons. The van der Waals surface area contributed by atoms with E-state index in [1.165, 1.54) is 18.2 Å². The van der Waals surface area contributed by atoms with Crippen molar-refractivity contribution in [2.45, 2.75) is 64.2 Å². The van der Waals surface area contributed by atoms with Crippen LogP contribution >= 0.6 is 0 Å². The largest absolute Gasteiger partial charge is 0.480 e. The molecule has 30 heavy (non-hydrogen) atoms. The minimum absolute atomic E-state index is 0.233. The third kappa shape index (κ3) is 5.78. The standard InChI is InChI=1S/C19H30N6O5/c1-10(2)15(24-16(26)13(20)7-12-8-21-9-22-12)18(28)25-6-4-5-14(25)17(27)23-11(3)19(29)30/h8-11,13-15H,4-7,20H2,1-3H3,(H,21,22)(H,23,27)(H,24,26)(H,29,30). The number of carboxylic acid groups (broad SMARTS) is 1. The Kier molecular flexibility index (Phi) is 7.93. The van der Waals surface area contributed by atoms with Gasteiger partial charge in [-0.1, -0.05) is 13.8 Å². The first-order valence-corrected chi connectivity index (χ1v) is 9.98. The second-order valence-electron chi connectivity index (χ2n) is 7.88. The second kappa shape index (κ2) is 10.2. The number of hydrogen-bond acceptors (Lipinski definition) is 6. The molecule has 166 valence electrons. The summed E-state index contributed by atoms with van der Waals surface area (Å²) in [4.78, 5) is 57.4. The molecular formula is C19H30N6O5. The van der Waals surface area contributed by atoms with Gasteiger partial charge >= 0.3 is 5.97 Å². The summed E-state index contributed by atoms with van der Waals surface area (Å²) >= 11 is 0. The van der Waals surface area contributed by atoms with Gasteiger partial charge < -0.3 is 31.4 Å². The number of carbonyl (C=O) groups is 4. The van der Waals surface area contributed by atoms with Gasteiger partial charge in [-0.15, -0.1) is 0 Å².